The molecule has 0 amide bonds. The summed E-state index contributed by atoms with van der Waals surface area (Å²) in [6, 6.07) is 1.61. The molecular weight excluding hydrogens is 297 g/mol. The lowest BCUT2D eigenvalue weighted by Gasteiger charge is -2.23. The van der Waals surface area contributed by atoms with E-state index in [0.717, 1.165) is 5.56 Å². The predicted octanol–water partition coefficient (Wildman–Crippen LogP) is 3.99. The third kappa shape index (κ3) is 1.84. The van der Waals surface area contributed by atoms with Crippen molar-refractivity contribution in [2.45, 2.75) is 6.54 Å². The molecule has 0 aliphatic carbocycles. The second kappa shape index (κ2) is 4.42. The molecule has 0 spiro atoms. The van der Waals surface area contributed by atoms with Crippen molar-refractivity contribution in [2.75, 3.05) is 5.12 Å². The summed E-state index contributed by atoms with van der Waals surface area (Å²) in [5.74, 6) is 0. The van der Waals surface area contributed by atoms with Crippen molar-refractivity contribution in [3.05, 3.63) is 45.4 Å². The van der Waals surface area contributed by atoms with Crippen LogP contribution in [0.5, 0.6) is 0 Å². The molecule has 3 rings (SSSR count). The van der Waals surface area contributed by atoms with Crippen LogP contribution in [0.25, 0.3) is 0 Å². The average molecular weight is 303 g/mol. The molecule has 2 heterocycles. The maximum absolute atomic E-state index is 6.15. The fourth-order valence-corrected chi connectivity index (χ4v) is 2.38. The lowest BCUT2D eigenvalue weighted by Crippen LogP contribution is -2.28. The van der Waals surface area contributed by atoms with Crippen LogP contribution in [-0.4, -0.2) is 9.66 Å². The number of nitrogens with zero attached hydrogens (tertiary/aromatic N) is 5. The molecule has 1 aromatic heterocycles. The first-order valence-electron chi connectivity index (χ1n) is 5.00. The number of aromatic nitrogens is 2. The summed E-state index contributed by atoms with van der Waals surface area (Å²) in [6.07, 6.45) is 5.03. The van der Waals surface area contributed by atoms with Gasteiger partial charge in [0.05, 0.1) is 16.6 Å². The largest absolute Gasteiger partial charge is 0.243 e. The molecule has 0 unspecified atom stereocenters. The first-order valence-corrected chi connectivity index (χ1v) is 6.14. The molecule has 0 N–H and O–H groups in total. The van der Waals surface area contributed by atoms with Gasteiger partial charge >= 0.3 is 0 Å². The molecule has 1 aromatic carbocycles. The molecule has 0 saturated carbocycles. The summed E-state index contributed by atoms with van der Waals surface area (Å²) in [5.41, 5.74) is 1.31. The van der Waals surface area contributed by atoms with Crippen LogP contribution in [0.1, 0.15) is 5.56 Å². The SMILES string of the molecule is Clc1cc(Cl)c2c(c1Cl)N=NN(n1ccnc1)C2. The average Bonchev–Trinajstić information content (AvgIpc) is 2.89. The number of rotatable bonds is 1. The number of benzene rings is 1. The number of fused-ring (bicyclic) bond motifs is 1. The lowest BCUT2D eigenvalue weighted by atomic mass is 10.1. The highest BCUT2D eigenvalue weighted by molar-refractivity contribution is 6.45. The fourth-order valence-electron chi connectivity index (χ4n) is 1.66. The zero-order chi connectivity index (χ0) is 12.7. The van der Waals surface area contributed by atoms with Gasteiger partial charge in [0.1, 0.15) is 12.0 Å². The van der Waals surface area contributed by atoms with E-state index < -0.39 is 0 Å². The highest BCUT2D eigenvalue weighted by atomic mass is 35.5. The van der Waals surface area contributed by atoms with Gasteiger partial charge in [0.2, 0.25) is 0 Å². The second-order valence-corrected chi connectivity index (χ2v) is 4.84. The Balaban J connectivity index is 2.07. The summed E-state index contributed by atoms with van der Waals surface area (Å²) in [7, 11) is 0. The van der Waals surface area contributed by atoms with E-state index in [1.54, 1.807) is 34.6 Å². The normalized spacial score (nSPS) is 13.8. The van der Waals surface area contributed by atoms with E-state index in [1.165, 1.54) is 0 Å². The van der Waals surface area contributed by atoms with Gasteiger partial charge in [-0.1, -0.05) is 34.8 Å². The molecule has 0 atom stereocenters. The van der Waals surface area contributed by atoms with E-state index in [9.17, 15) is 0 Å². The Kier molecular flexibility index (Phi) is 2.89. The van der Waals surface area contributed by atoms with Crippen LogP contribution >= 0.6 is 34.8 Å². The Morgan fingerprint density at radius 1 is 1.17 bits per heavy atom. The zero-order valence-electron chi connectivity index (χ0n) is 8.89. The summed E-state index contributed by atoms with van der Waals surface area (Å²) >= 11 is 18.2. The van der Waals surface area contributed by atoms with E-state index in [2.05, 4.69) is 15.3 Å². The third-order valence-electron chi connectivity index (χ3n) is 2.55. The molecule has 5 nitrogen and oxygen atoms in total. The molecule has 0 fully saturated rings. The molecule has 0 bridgehead atoms. The highest BCUT2D eigenvalue weighted by Crippen LogP contribution is 2.42. The van der Waals surface area contributed by atoms with Crippen LogP contribution in [0.4, 0.5) is 5.69 Å². The molecule has 18 heavy (non-hydrogen) atoms. The quantitative estimate of drug-likeness (QED) is 0.748. The minimum atomic E-state index is 0.366. The summed E-state index contributed by atoms with van der Waals surface area (Å²) in [6.45, 7) is 0.449. The first-order chi connectivity index (χ1) is 8.66. The van der Waals surface area contributed by atoms with Crippen molar-refractivity contribution in [1.29, 1.82) is 0 Å². The molecule has 8 heteroatoms. The van der Waals surface area contributed by atoms with Gasteiger partial charge in [-0.3, -0.25) is 0 Å². The minimum absolute atomic E-state index is 0.366. The van der Waals surface area contributed by atoms with E-state index in [0.29, 0.717) is 27.3 Å². The van der Waals surface area contributed by atoms with Crippen LogP contribution in [0, 0.1) is 0 Å². The Labute approximate surface area is 118 Å². The van der Waals surface area contributed by atoms with Gasteiger partial charge < -0.3 is 0 Å². The Hall–Kier alpha value is -1.30. The Morgan fingerprint density at radius 3 is 2.72 bits per heavy atom. The van der Waals surface area contributed by atoms with Crippen LogP contribution in [0.2, 0.25) is 15.1 Å². The van der Waals surface area contributed by atoms with Gasteiger partial charge in [0.25, 0.3) is 0 Å². The summed E-state index contributed by atoms with van der Waals surface area (Å²) < 4.78 is 1.70. The van der Waals surface area contributed by atoms with E-state index in [1.807, 2.05) is 0 Å². The molecule has 1 aliphatic rings. The summed E-state index contributed by atoms with van der Waals surface area (Å²) in [4.78, 5) is 3.95. The van der Waals surface area contributed by atoms with E-state index in [4.69, 9.17) is 34.8 Å². The lowest BCUT2D eigenvalue weighted by molar-refractivity contribution is 0.566. The maximum Gasteiger partial charge on any atom is 0.116 e. The Morgan fingerprint density at radius 2 is 2.00 bits per heavy atom. The molecule has 1 aliphatic heterocycles. The predicted molar refractivity (Wildman–Crippen MR) is 70.1 cm³/mol. The summed E-state index contributed by atoms with van der Waals surface area (Å²) in [5, 5.41) is 11.0. The van der Waals surface area contributed by atoms with Crippen LogP contribution in [0.15, 0.2) is 35.1 Å². The number of imidazole rings is 1. The van der Waals surface area contributed by atoms with Crippen LogP contribution in [-0.2, 0) is 6.54 Å². The van der Waals surface area contributed by atoms with Crippen molar-refractivity contribution >= 4 is 40.5 Å². The van der Waals surface area contributed by atoms with Crippen molar-refractivity contribution < 1.29 is 0 Å². The maximum atomic E-state index is 6.15. The third-order valence-corrected chi connectivity index (χ3v) is 3.66. The number of hydrogen-bond acceptors (Lipinski definition) is 4. The molecule has 2 aromatic rings. The van der Waals surface area contributed by atoms with Crippen LogP contribution in [0.3, 0.4) is 0 Å². The van der Waals surface area contributed by atoms with Gasteiger partial charge in [-0.05, 0) is 11.3 Å². The van der Waals surface area contributed by atoms with E-state index >= 15 is 0 Å². The minimum Gasteiger partial charge on any atom is -0.243 e. The van der Waals surface area contributed by atoms with Crippen molar-refractivity contribution in [3.8, 4) is 0 Å². The van der Waals surface area contributed by atoms with Gasteiger partial charge in [-0.25, -0.2) is 9.66 Å². The highest BCUT2D eigenvalue weighted by Gasteiger charge is 2.21. The van der Waals surface area contributed by atoms with Gasteiger partial charge in [-0.2, -0.15) is 5.12 Å². The van der Waals surface area contributed by atoms with Crippen molar-refractivity contribution in [2.24, 2.45) is 10.3 Å². The monoisotopic (exact) mass is 301 g/mol. The van der Waals surface area contributed by atoms with Gasteiger partial charge in [0, 0.05) is 23.0 Å². The van der Waals surface area contributed by atoms with Gasteiger partial charge in [0.15, 0.2) is 0 Å². The Bertz CT molecular complexity index is 623. The molecule has 0 radical (unpaired) electrons. The fraction of sp³-hybridized carbons (Fsp3) is 0.100. The standard InChI is InChI=1S/C10H6Cl3N5/c11-7-3-8(12)9(13)10-6(7)4-18(16-15-10)17-2-1-14-5-17/h1-3,5H,4H2. The van der Waals surface area contributed by atoms with Crippen molar-refractivity contribution in [1.82, 2.24) is 9.66 Å². The smallest absolute Gasteiger partial charge is 0.116 e. The van der Waals surface area contributed by atoms with E-state index in [-0.39, 0.29) is 0 Å². The van der Waals surface area contributed by atoms with Crippen LogP contribution < -0.4 is 5.12 Å². The first kappa shape index (κ1) is 11.8. The topological polar surface area (TPSA) is 45.8 Å². The van der Waals surface area contributed by atoms with Gasteiger partial charge in [-0.15, -0.1) is 5.11 Å². The number of halogens is 3. The zero-order valence-corrected chi connectivity index (χ0v) is 11.2. The molecule has 0 saturated heterocycles. The second-order valence-electron chi connectivity index (χ2n) is 3.64. The molecule has 92 valence electrons. The van der Waals surface area contributed by atoms with Crippen molar-refractivity contribution in [3.63, 3.8) is 0 Å². The molecular formula is C10H6Cl3N5. The number of hydrogen-bond donors (Lipinski definition) is 0.